The zero-order chi connectivity index (χ0) is 14.8. The Hall–Kier alpha value is -1.62. The molecule has 5 heteroatoms. The Kier molecular flexibility index (Phi) is 4.10. The number of ether oxygens (including phenoxy) is 1. The summed E-state index contributed by atoms with van der Waals surface area (Å²) in [4.78, 5) is 2.61. The summed E-state index contributed by atoms with van der Waals surface area (Å²) in [6.45, 7) is 5.77. The maximum absolute atomic E-state index is 5.24. The van der Waals surface area contributed by atoms with Gasteiger partial charge in [0.1, 0.15) is 11.6 Å². The van der Waals surface area contributed by atoms with Crippen LogP contribution in [-0.2, 0) is 6.42 Å². The summed E-state index contributed by atoms with van der Waals surface area (Å²) in [6.07, 6.45) is 6.85. The van der Waals surface area contributed by atoms with Crippen LogP contribution in [-0.4, -0.2) is 45.2 Å². The fourth-order valence-electron chi connectivity index (χ4n) is 3.32. The first-order valence-electron chi connectivity index (χ1n) is 7.82. The number of hydrogen-bond acceptors (Lipinski definition) is 4. The highest BCUT2D eigenvalue weighted by molar-refractivity contribution is 5.44. The predicted molar refractivity (Wildman–Crippen MR) is 82.7 cm³/mol. The molecule has 5 nitrogen and oxygen atoms in total. The number of piperidine rings is 1. The minimum Gasteiger partial charge on any atom is -0.497 e. The molecule has 3 heterocycles. The highest BCUT2D eigenvalue weighted by Gasteiger charge is 2.26. The Morgan fingerprint density at radius 3 is 2.95 bits per heavy atom. The highest BCUT2D eigenvalue weighted by atomic mass is 16.5. The van der Waals surface area contributed by atoms with Gasteiger partial charge in [-0.25, -0.2) is 0 Å². The van der Waals surface area contributed by atoms with Crippen molar-refractivity contribution in [3.05, 3.63) is 24.2 Å². The number of fused-ring (bicyclic) bond motifs is 1. The second-order valence-corrected chi connectivity index (χ2v) is 6.10. The van der Waals surface area contributed by atoms with Crippen molar-refractivity contribution in [3.63, 3.8) is 0 Å². The summed E-state index contributed by atoms with van der Waals surface area (Å²) in [5, 5.41) is 8.67. The lowest BCUT2D eigenvalue weighted by atomic mass is 9.97. The van der Waals surface area contributed by atoms with E-state index in [1.165, 1.54) is 25.8 Å². The monoisotopic (exact) mass is 288 g/mol. The van der Waals surface area contributed by atoms with E-state index in [2.05, 4.69) is 33.3 Å². The molecule has 0 radical (unpaired) electrons. The smallest absolute Gasteiger partial charge is 0.164 e. The minimum absolute atomic E-state index is 0.577. The molecule has 0 spiro atoms. The van der Waals surface area contributed by atoms with Crippen molar-refractivity contribution in [2.75, 3.05) is 13.7 Å². The van der Waals surface area contributed by atoms with Gasteiger partial charge in [0.15, 0.2) is 5.65 Å². The zero-order valence-electron chi connectivity index (χ0n) is 13.1. The summed E-state index contributed by atoms with van der Waals surface area (Å²) in [5.41, 5.74) is 0.858. The van der Waals surface area contributed by atoms with E-state index in [0.717, 1.165) is 23.6 Å². The predicted octanol–water partition coefficient (Wildman–Crippen LogP) is 2.54. The topological polar surface area (TPSA) is 42.7 Å². The molecule has 0 bridgehead atoms. The first-order valence-corrected chi connectivity index (χ1v) is 7.82. The average Bonchev–Trinajstić information content (AvgIpc) is 2.90. The third kappa shape index (κ3) is 2.88. The van der Waals surface area contributed by atoms with E-state index in [1.54, 1.807) is 7.11 Å². The average molecular weight is 288 g/mol. The van der Waals surface area contributed by atoms with E-state index in [0.29, 0.717) is 12.1 Å². The molecule has 0 saturated carbocycles. The van der Waals surface area contributed by atoms with E-state index in [9.17, 15) is 0 Å². The maximum atomic E-state index is 5.24. The van der Waals surface area contributed by atoms with Crippen molar-refractivity contribution in [3.8, 4) is 5.75 Å². The molecule has 2 aromatic heterocycles. The van der Waals surface area contributed by atoms with Gasteiger partial charge in [-0.3, -0.25) is 9.30 Å². The van der Waals surface area contributed by atoms with Crippen molar-refractivity contribution in [1.82, 2.24) is 19.5 Å². The molecule has 2 aromatic rings. The number of rotatable bonds is 4. The summed E-state index contributed by atoms with van der Waals surface area (Å²) < 4.78 is 7.32. The van der Waals surface area contributed by atoms with Crippen LogP contribution in [0.25, 0.3) is 5.65 Å². The standard InChI is InChI=1S/C16H24N4O/c1-12(2)19-8-5-4-6-13(19)10-15-17-18-16-11-14(21-3)7-9-20(15)16/h7,9,11-13H,4-6,8,10H2,1-3H3. The fourth-order valence-corrected chi connectivity index (χ4v) is 3.32. The van der Waals surface area contributed by atoms with Crippen LogP contribution in [0.2, 0.25) is 0 Å². The van der Waals surface area contributed by atoms with Crippen molar-refractivity contribution in [2.24, 2.45) is 0 Å². The van der Waals surface area contributed by atoms with Crippen LogP contribution < -0.4 is 4.74 Å². The summed E-state index contributed by atoms with van der Waals surface area (Å²) in [5.74, 6) is 1.87. The van der Waals surface area contributed by atoms with Crippen molar-refractivity contribution in [1.29, 1.82) is 0 Å². The van der Waals surface area contributed by atoms with Crippen molar-refractivity contribution >= 4 is 5.65 Å². The molecule has 21 heavy (non-hydrogen) atoms. The maximum Gasteiger partial charge on any atom is 0.164 e. The van der Waals surface area contributed by atoms with E-state index < -0.39 is 0 Å². The van der Waals surface area contributed by atoms with Crippen molar-refractivity contribution in [2.45, 2.75) is 51.6 Å². The molecule has 1 fully saturated rings. The Morgan fingerprint density at radius 1 is 1.33 bits per heavy atom. The summed E-state index contributed by atoms with van der Waals surface area (Å²) in [7, 11) is 1.67. The second-order valence-electron chi connectivity index (χ2n) is 6.10. The molecule has 1 aliphatic rings. The largest absolute Gasteiger partial charge is 0.497 e. The Balaban J connectivity index is 1.83. The van der Waals surface area contributed by atoms with Crippen LogP contribution in [0, 0.1) is 0 Å². The van der Waals surface area contributed by atoms with Crippen LogP contribution in [0.15, 0.2) is 18.3 Å². The number of hydrogen-bond donors (Lipinski definition) is 0. The van der Waals surface area contributed by atoms with Crippen LogP contribution in [0.3, 0.4) is 0 Å². The molecule has 0 N–H and O–H groups in total. The van der Waals surface area contributed by atoms with Gasteiger partial charge >= 0.3 is 0 Å². The quantitative estimate of drug-likeness (QED) is 0.867. The molecule has 1 unspecified atom stereocenters. The molecule has 1 saturated heterocycles. The van der Waals surface area contributed by atoms with Gasteiger partial charge in [-0.05, 0) is 39.3 Å². The van der Waals surface area contributed by atoms with Gasteiger partial charge < -0.3 is 4.74 Å². The molecule has 0 aliphatic carbocycles. The normalized spacial score (nSPS) is 20.3. The number of aromatic nitrogens is 3. The Bertz CT molecular complexity index is 607. The van der Waals surface area contributed by atoms with Crippen LogP contribution in [0.5, 0.6) is 5.75 Å². The molecular formula is C16H24N4O. The van der Waals surface area contributed by atoms with Crippen LogP contribution in [0.4, 0.5) is 0 Å². The molecule has 0 amide bonds. The zero-order valence-corrected chi connectivity index (χ0v) is 13.1. The number of pyridine rings is 1. The molecular weight excluding hydrogens is 264 g/mol. The van der Waals surface area contributed by atoms with Gasteiger partial charge in [0, 0.05) is 30.8 Å². The van der Waals surface area contributed by atoms with E-state index in [4.69, 9.17) is 4.74 Å². The van der Waals surface area contributed by atoms with Gasteiger partial charge in [0.2, 0.25) is 0 Å². The number of likely N-dealkylation sites (tertiary alicyclic amines) is 1. The van der Waals surface area contributed by atoms with Crippen molar-refractivity contribution < 1.29 is 4.74 Å². The molecule has 1 aliphatic heterocycles. The lowest BCUT2D eigenvalue weighted by molar-refractivity contribution is 0.110. The molecule has 0 aromatic carbocycles. The Labute approximate surface area is 125 Å². The second kappa shape index (κ2) is 6.02. The van der Waals surface area contributed by atoms with Gasteiger partial charge in [0.25, 0.3) is 0 Å². The van der Waals surface area contributed by atoms with Gasteiger partial charge in [-0.2, -0.15) is 0 Å². The van der Waals surface area contributed by atoms with Crippen LogP contribution in [0.1, 0.15) is 38.9 Å². The van der Waals surface area contributed by atoms with Gasteiger partial charge in [0.05, 0.1) is 7.11 Å². The van der Waals surface area contributed by atoms with Gasteiger partial charge in [-0.15, -0.1) is 10.2 Å². The third-order valence-corrected chi connectivity index (χ3v) is 4.44. The lowest BCUT2D eigenvalue weighted by Crippen LogP contribution is -2.45. The first-order chi connectivity index (χ1) is 10.2. The molecule has 1 atom stereocenters. The van der Waals surface area contributed by atoms with Gasteiger partial charge in [-0.1, -0.05) is 6.42 Å². The van der Waals surface area contributed by atoms with E-state index in [1.807, 2.05) is 18.3 Å². The fraction of sp³-hybridized carbons (Fsp3) is 0.625. The Morgan fingerprint density at radius 2 is 2.19 bits per heavy atom. The van der Waals surface area contributed by atoms with E-state index >= 15 is 0 Å². The first kappa shape index (κ1) is 14.3. The lowest BCUT2D eigenvalue weighted by Gasteiger charge is -2.38. The summed E-state index contributed by atoms with van der Waals surface area (Å²) >= 11 is 0. The minimum atomic E-state index is 0.577. The van der Waals surface area contributed by atoms with E-state index in [-0.39, 0.29) is 0 Å². The SMILES string of the molecule is COc1ccn2c(CC3CCCCN3C(C)C)nnc2c1. The molecule has 3 rings (SSSR count). The highest BCUT2D eigenvalue weighted by Crippen LogP contribution is 2.23. The number of nitrogens with zero attached hydrogens (tertiary/aromatic N) is 4. The van der Waals surface area contributed by atoms with Crippen LogP contribution >= 0.6 is 0 Å². The number of methoxy groups -OCH3 is 1. The molecule has 114 valence electrons. The summed E-state index contributed by atoms with van der Waals surface area (Å²) in [6, 6.07) is 5.06. The third-order valence-electron chi connectivity index (χ3n) is 4.44.